The van der Waals surface area contributed by atoms with Crippen LogP contribution in [0.2, 0.25) is 0 Å². The topological polar surface area (TPSA) is 55.4 Å². The van der Waals surface area contributed by atoms with Crippen LogP contribution in [0.4, 0.5) is 0 Å². The molecular formula is C21H21NO3. The van der Waals surface area contributed by atoms with E-state index in [0.717, 1.165) is 28.3 Å². The lowest BCUT2D eigenvalue weighted by Crippen LogP contribution is -2.39. The summed E-state index contributed by atoms with van der Waals surface area (Å²) in [6.45, 7) is 3.67. The van der Waals surface area contributed by atoms with Crippen molar-refractivity contribution in [3.05, 3.63) is 65.8 Å². The second kappa shape index (κ2) is 7.34. The Balaban J connectivity index is 1.97. The summed E-state index contributed by atoms with van der Waals surface area (Å²) in [7, 11) is 0. The SMILES string of the molecule is CCOC(=O)[C@H](C)NC(=O)c1cc2ccccc2cc1C1=CC=CC1. The van der Waals surface area contributed by atoms with Gasteiger partial charge in [-0.05, 0) is 54.3 Å². The van der Waals surface area contributed by atoms with E-state index in [4.69, 9.17) is 4.74 Å². The second-order valence-corrected chi connectivity index (χ2v) is 6.02. The number of nitrogens with one attached hydrogen (secondary N) is 1. The number of amides is 1. The number of benzene rings is 2. The Labute approximate surface area is 147 Å². The minimum atomic E-state index is -0.692. The number of carbonyl (C=O) groups is 2. The minimum Gasteiger partial charge on any atom is -0.464 e. The first kappa shape index (κ1) is 17.0. The third kappa shape index (κ3) is 3.63. The van der Waals surface area contributed by atoms with Crippen molar-refractivity contribution >= 4 is 28.2 Å². The monoisotopic (exact) mass is 335 g/mol. The zero-order valence-corrected chi connectivity index (χ0v) is 14.4. The van der Waals surface area contributed by atoms with E-state index in [9.17, 15) is 9.59 Å². The summed E-state index contributed by atoms with van der Waals surface area (Å²) in [5, 5.41) is 4.82. The summed E-state index contributed by atoms with van der Waals surface area (Å²) in [6.07, 6.45) is 6.88. The van der Waals surface area contributed by atoms with E-state index in [1.54, 1.807) is 13.8 Å². The molecule has 0 bridgehead atoms. The standard InChI is InChI=1S/C21H21NO3/c1-3-25-21(24)14(2)22-20(23)19-13-17-11-7-6-10-16(17)12-18(19)15-8-4-5-9-15/h4-8,10-14H,3,9H2,1-2H3,(H,22,23)/t14-/m0/s1. The first-order chi connectivity index (χ1) is 12.1. The van der Waals surface area contributed by atoms with Crippen molar-refractivity contribution in [2.45, 2.75) is 26.3 Å². The molecule has 4 heteroatoms. The van der Waals surface area contributed by atoms with Crippen LogP contribution in [0.1, 0.15) is 36.2 Å². The maximum absolute atomic E-state index is 12.8. The maximum atomic E-state index is 12.8. The van der Waals surface area contributed by atoms with Crippen molar-refractivity contribution < 1.29 is 14.3 Å². The quantitative estimate of drug-likeness (QED) is 0.844. The molecule has 0 aromatic heterocycles. The first-order valence-electron chi connectivity index (χ1n) is 8.46. The van der Waals surface area contributed by atoms with E-state index in [1.807, 2.05) is 48.6 Å². The average molecular weight is 335 g/mol. The number of fused-ring (bicyclic) bond motifs is 1. The molecule has 2 aromatic carbocycles. The Kier molecular flexibility index (Phi) is 4.98. The van der Waals surface area contributed by atoms with Gasteiger partial charge in [-0.15, -0.1) is 0 Å². The van der Waals surface area contributed by atoms with Crippen LogP contribution in [0.5, 0.6) is 0 Å². The van der Waals surface area contributed by atoms with E-state index in [-0.39, 0.29) is 5.91 Å². The summed E-state index contributed by atoms with van der Waals surface area (Å²) < 4.78 is 4.97. The number of hydrogen-bond donors (Lipinski definition) is 1. The van der Waals surface area contributed by atoms with E-state index in [0.29, 0.717) is 12.2 Å². The van der Waals surface area contributed by atoms with Crippen molar-refractivity contribution in [1.82, 2.24) is 5.32 Å². The molecule has 1 atom stereocenters. The molecule has 2 aromatic rings. The van der Waals surface area contributed by atoms with Gasteiger partial charge >= 0.3 is 5.97 Å². The Morgan fingerprint density at radius 3 is 2.56 bits per heavy atom. The van der Waals surface area contributed by atoms with E-state index >= 15 is 0 Å². The van der Waals surface area contributed by atoms with Crippen molar-refractivity contribution in [2.75, 3.05) is 6.61 Å². The van der Waals surface area contributed by atoms with Crippen LogP contribution in [-0.2, 0) is 9.53 Å². The molecule has 3 rings (SSSR count). The van der Waals surface area contributed by atoms with Gasteiger partial charge in [0.05, 0.1) is 6.61 Å². The number of hydrogen-bond acceptors (Lipinski definition) is 3. The van der Waals surface area contributed by atoms with E-state index in [1.165, 1.54) is 0 Å². The van der Waals surface area contributed by atoms with Crippen LogP contribution in [0, 0.1) is 0 Å². The molecule has 25 heavy (non-hydrogen) atoms. The van der Waals surface area contributed by atoms with Crippen LogP contribution in [0.15, 0.2) is 54.6 Å². The van der Waals surface area contributed by atoms with Crippen LogP contribution >= 0.6 is 0 Å². The number of esters is 1. The third-order valence-electron chi connectivity index (χ3n) is 4.24. The molecule has 1 aliphatic carbocycles. The van der Waals surface area contributed by atoms with Crippen LogP contribution < -0.4 is 5.32 Å². The largest absolute Gasteiger partial charge is 0.464 e. The minimum absolute atomic E-state index is 0.269. The van der Waals surface area contributed by atoms with Gasteiger partial charge < -0.3 is 10.1 Å². The Hall–Kier alpha value is -2.88. The highest BCUT2D eigenvalue weighted by Gasteiger charge is 2.21. The zero-order chi connectivity index (χ0) is 17.8. The maximum Gasteiger partial charge on any atom is 0.328 e. The number of rotatable bonds is 5. The molecule has 128 valence electrons. The fourth-order valence-electron chi connectivity index (χ4n) is 2.94. The summed E-state index contributed by atoms with van der Waals surface area (Å²) in [5.41, 5.74) is 2.57. The van der Waals surface area contributed by atoms with Crippen LogP contribution in [0.25, 0.3) is 16.3 Å². The number of carbonyl (C=O) groups excluding carboxylic acids is 2. The lowest BCUT2D eigenvalue weighted by atomic mass is 9.94. The second-order valence-electron chi connectivity index (χ2n) is 6.02. The molecule has 0 radical (unpaired) electrons. The third-order valence-corrected chi connectivity index (χ3v) is 4.24. The molecule has 1 amide bonds. The molecule has 0 fully saturated rings. The molecule has 0 aliphatic heterocycles. The van der Waals surface area contributed by atoms with Gasteiger partial charge in [0.25, 0.3) is 5.91 Å². The van der Waals surface area contributed by atoms with Crippen molar-refractivity contribution in [2.24, 2.45) is 0 Å². The van der Waals surface area contributed by atoms with Crippen molar-refractivity contribution in [1.29, 1.82) is 0 Å². The molecule has 0 saturated heterocycles. The summed E-state index contributed by atoms with van der Waals surface area (Å²) >= 11 is 0. The van der Waals surface area contributed by atoms with Crippen molar-refractivity contribution in [3.63, 3.8) is 0 Å². The normalized spacial score (nSPS) is 14.2. The highest BCUT2D eigenvalue weighted by molar-refractivity contribution is 6.05. The van der Waals surface area contributed by atoms with Gasteiger partial charge in [-0.25, -0.2) is 4.79 Å². The molecule has 4 nitrogen and oxygen atoms in total. The Bertz CT molecular complexity index is 880. The molecule has 0 spiro atoms. The van der Waals surface area contributed by atoms with Gasteiger partial charge in [-0.2, -0.15) is 0 Å². The molecule has 0 saturated carbocycles. The number of allylic oxidation sites excluding steroid dienone is 4. The lowest BCUT2D eigenvalue weighted by molar-refractivity contribution is -0.144. The van der Waals surface area contributed by atoms with Gasteiger partial charge in [0, 0.05) is 5.56 Å². The van der Waals surface area contributed by atoms with Gasteiger partial charge in [0.1, 0.15) is 6.04 Å². The van der Waals surface area contributed by atoms with Gasteiger partial charge in [0.2, 0.25) is 0 Å². The molecule has 1 aliphatic rings. The first-order valence-corrected chi connectivity index (χ1v) is 8.46. The van der Waals surface area contributed by atoms with Crippen molar-refractivity contribution in [3.8, 4) is 0 Å². The average Bonchev–Trinajstić information content (AvgIpc) is 3.15. The van der Waals surface area contributed by atoms with Gasteiger partial charge in [0.15, 0.2) is 0 Å². The summed E-state index contributed by atoms with van der Waals surface area (Å²) in [5.74, 6) is -0.700. The molecule has 1 N–H and O–H groups in total. The predicted molar refractivity (Wildman–Crippen MR) is 99.2 cm³/mol. The smallest absolute Gasteiger partial charge is 0.328 e. The highest BCUT2D eigenvalue weighted by atomic mass is 16.5. The molecular weight excluding hydrogens is 314 g/mol. The Morgan fingerprint density at radius 2 is 1.92 bits per heavy atom. The summed E-state index contributed by atoms with van der Waals surface area (Å²) in [6, 6.07) is 11.2. The van der Waals surface area contributed by atoms with E-state index < -0.39 is 12.0 Å². The van der Waals surface area contributed by atoms with Crippen LogP contribution in [0.3, 0.4) is 0 Å². The fraction of sp³-hybridized carbons (Fsp3) is 0.238. The molecule has 0 unspecified atom stereocenters. The molecule has 0 heterocycles. The predicted octanol–water partition coefficient (Wildman–Crippen LogP) is 3.86. The van der Waals surface area contributed by atoms with Gasteiger partial charge in [-0.1, -0.05) is 42.5 Å². The summed E-state index contributed by atoms with van der Waals surface area (Å²) in [4.78, 5) is 24.6. The number of ether oxygens (including phenoxy) is 1. The highest BCUT2D eigenvalue weighted by Crippen LogP contribution is 2.30. The lowest BCUT2D eigenvalue weighted by Gasteiger charge is -2.16. The van der Waals surface area contributed by atoms with Gasteiger partial charge in [-0.3, -0.25) is 4.79 Å². The zero-order valence-electron chi connectivity index (χ0n) is 14.4. The fourth-order valence-corrected chi connectivity index (χ4v) is 2.94. The van der Waals surface area contributed by atoms with Crippen LogP contribution in [-0.4, -0.2) is 24.5 Å². The van der Waals surface area contributed by atoms with E-state index in [2.05, 4.69) is 11.4 Å². The Morgan fingerprint density at radius 1 is 1.20 bits per heavy atom.